The molecule has 0 spiro atoms. The Morgan fingerprint density at radius 2 is 1.06 bits per heavy atom. The second-order valence-corrected chi connectivity index (χ2v) is 22.9. The number of rotatable bonds is 8. The van der Waals surface area contributed by atoms with Gasteiger partial charge in [0, 0.05) is 88.1 Å². The first kappa shape index (κ1) is 48.0. The standard InChI is InChI=1S/C25H38ClN3O3.C25H37ClN2O3/c1-24(2,3)32-23(30)28-10-8-25(4,9-11-28)27(5)13-18-6-7-21(26)22(12-18)29-14-19-16-31-17-20(19)15-29;1-24(2,3)31-23(29)27-11-9-25(4,10-12-27)8-7-18-5-6-21(26)22(13-18)28-14-19-16-30-17-20(19)15-28/h6-7,12,19-20H,8-11,13-17H2,1-5H3;5-6,13,19-20H,7-12,14-17H2,1-4H3. The van der Waals surface area contributed by atoms with E-state index in [2.05, 4.69) is 65.9 Å². The second-order valence-electron chi connectivity index (χ2n) is 22.1. The number of piperidine rings is 2. The second kappa shape index (κ2) is 19.5. The Hall–Kier alpha value is -2.96. The first-order valence-corrected chi connectivity index (χ1v) is 24.3. The van der Waals surface area contributed by atoms with Crippen LogP contribution in [0.25, 0.3) is 0 Å². The first-order chi connectivity index (χ1) is 29.7. The van der Waals surface area contributed by atoms with Crippen LogP contribution in [0.3, 0.4) is 0 Å². The number of carbonyl (C=O) groups is 2. The van der Waals surface area contributed by atoms with Gasteiger partial charge in [0.2, 0.25) is 0 Å². The molecule has 0 saturated carbocycles. The summed E-state index contributed by atoms with van der Waals surface area (Å²) in [7, 11) is 2.19. The normalized spacial score (nSPS) is 25.5. The van der Waals surface area contributed by atoms with E-state index in [1.807, 2.05) is 57.4 Å². The van der Waals surface area contributed by atoms with E-state index in [1.54, 1.807) is 0 Å². The van der Waals surface area contributed by atoms with Crippen LogP contribution in [0, 0.1) is 29.1 Å². The van der Waals surface area contributed by atoms with Gasteiger partial charge in [0.05, 0.1) is 47.8 Å². The summed E-state index contributed by atoms with van der Waals surface area (Å²) in [5.74, 6) is 2.56. The maximum Gasteiger partial charge on any atom is 0.410 e. The minimum Gasteiger partial charge on any atom is -0.444 e. The molecule has 6 aliphatic heterocycles. The van der Waals surface area contributed by atoms with Crippen molar-refractivity contribution in [2.45, 2.75) is 117 Å². The highest BCUT2D eigenvalue weighted by Gasteiger charge is 2.40. The fourth-order valence-corrected chi connectivity index (χ4v) is 10.7. The molecule has 0 aliphatic carbocycles. The number of anilines is 2. The third-order valence-corrected chi connectivity index (χ3v) is 15.3. The van der Waals surface area contributed by atoms with Crippen LogP contribution in [0.2, 0.25) is 10.0 Å². The number of nitrogens with zero attached hydrogens (tertiary/aromatic N) is 5. The quantitative estimate of drug-likeness (QED) is 0.257. The zero-order chi connectivity index (χ0) is 45.3. The molecule has 350 valence electrons. The molecule has 6 saturated heterocycles. The number of benzene rings is 2. The van der Waals surface area contributed by atoms with Crippen molar-refractivity contribution in [3.05, 3.63) is 57.6 Å². The van der Waals surface area contributed by atoms with Crippen LogP contribution in [0.15, 0.2) is 36.4 Å². The third kappa shape index (κ3) is 12.3. The van der Waals surface area contributed by atoms with E-state index in [-0.39, 0.29) is 23.1 Å². The van der Waals surface area contributed by atoms with Crippen molar-refractivity contribution >= 4 is 46.8 Å². The third-order valence-electron chi connectivity index (χ3n) is 14.7. The molecule has 4 atom stereocenters. The van der Waals surface area contributed by atoms with Crippen LogP contribution in [-0.2, 0) is 31.9 Å². The topological polar surface area (TPSA) is 87.3 Å². The summed E-state index contributed by atoms with van der Waals surface area (Å²) >= 11 is 13.2. The van der Waals surface area contributed by atoms with E-state index in [4.69, 9.17) is 42.1 Å². The lowest BCUT2D eigenvalue weighted by Crippen LogP contribution is -2.53. The molecule has 0 N–H and O–H groups in total. The Labute approximate surface area is 388 Å². The van der Waals surface area contributed by atoms with Gasteiger partial charge in [-0.3, -0.25) is 4.90 Å². The van der Waals surface area contributed by atoms with Crippen molar-refractivity contribution < 1.29 is 28.5 Å². The molecule has 11 nitrogen and oxygen atoms in total. The molecule has 6 fully saturated rings. The molecule has 4 unspecified atom stereocenters. The van der Waals surface area contributed by atoms with E-state index in [9.17, 15) is 9.59 Å². The van der Waals surface area contributed by atoms with Crippen LogP contribution >= 0.6 is 23.2 Å². The van der Waals surface area contributed by atoms with Gasteiger partial charge in [-0.2, -0.15) is 0 Å². The van der Waals surface area contributed by atoms with Gasteiger partial charge in [0.25, 0.3) is 0 Å². The maximum absolute atomic E-state index is 12.4. The van der Waals surface area contributed by atoms with Crippen molar-refractivity contribution in [1.29, 1.82) is 0 Å². The maximum atomic E-state index is 12.4. The molecule has 13 heteroatoms. The molecule has 0 radical (unpaired) electrons. The number of fused-ring (bicyclic) bond motifs is 2. The SMILES string of the molecule is CC1(CCc2ccc(Cl)c(N3CC4COCC4C3)c2)CCN(C(=O)OC(C)(C)C)CC1.CN(Cc1ccc(Cl)c(N2CC3COCC3C2)c1)C1(C)CCN(C(=O)OC(C)(C)C)CC1. The number of aryl methyl sites for hydroxylation is 1. The van der Waals surface area contributed by atoms with Crippen LogP contribution in [0.1, 0.15) is 98.6 Å². The summed E-state index contributed by atoms with van der Waals surface area (Å²) in [6.07, 6.45) is 5.66. The van der Waals surface area contributed by atoms with Crippen LogP contribution < -0.4 is 9.80 Å². The molecule has 0 bridgehead atoms. The van der Waals surface area contributed by atoms with Crippen molar-refractivity contribution in [2.24, 2.45) is 29.1 Å². The summed E-state index contributed by atoms with van der Waals surface area (Å²) in [6.45, 7) is 27.7. The van der Waals surface area contributed by atoms with Crippen molar-refractivity contribution in [2.75, 3.05) is 95.6 Å². The monoisotopic (exact) mass is 912 g/mol. The Kier molecular flexibility index (Phi) is 14.8. The molecule has 8 rings (SSSR count). The minimum absolute atomic E-state index is 0.0420. The molecule has 2 aromatic rings. The van der Waals surface area contributed by atoms with Crippen LogP contribution in [0.4, 0.5) is 21.0 Å². The van der Waals surface area contributed by atoms with Gasteiger partial charge in [-0.05, 0) is 135 Å². The van der Waals surface area contributed by atoms with E-state index < -0.39 is 11.2 Å². The number of likely N-dealkylation sites (tertiary alicyclic amines) is 2. The molecule has 6 heterocycles. The summed E-state index contributed by atoms with van der Waals surface area (Å²) in [4.78, 5) is 35.8. The Morgan fingerprint density at radius 1 is 0.667 bits per heavy atom. The van der Waals surface area contributed by atoms with Gasteiger partial charge in [0.1, 0.15) is 11.2 Å². The number of halogens is 2. The number of hydrogen-bond donors (Lipinski definition) is 0. The lowest BCUT2D eigenvalue weighted by molar-refractivity contribution is 0.00161. The average molecular weight is 913 g/mol. The van der Waals surface area contributed by atoms with Crippen LogP contribution in [-0.4, -0.2) is 129 Å². The largest absolute Gasteiger partial charge is 0.444 e. The number of hydrogen-bond acceptors (Lipinski definition) is 9. The van der Waals surface area contributed by atoms with Crippen molar-refractivity contribution in [3.63, 3.8) is 0 Å². The zero-order valence-electron chi connectivity index (χ0n) is 39.7. The fourth-order valence-electron chi connectivity index (χ4n) is 10.2. The lowest BCUT2D eigenvalue weighted by Gasteiger charge is -2.45. The number of amides is 2. The predicted molar refractivity (Wildman–Crippen MR) is 253 cm³/mol. The number of carbonyl (C=O) groups excluding carboxylic acids is 2. The van der Waals surface area contributed by atoms with Gasteiger partial charge in [-0.15, -0.1) is 0 Å². The Bertz CT molecular complexity index is 1880. The summed E-state index contributed by atoms with van der Waals surface area (Å²) < 4.78 is 22.3. The highest BCUT2D eigenvalue weighted by molar-refractivity contribution is 6.33. The summed E-state index contributed by atoms with van der Waals surface area (Å²) in [5, 5.41) is 1.68. The lowest BCUT2D eigenvalue weighted by atomic mass is 9.76. The van der Waals surface area contributed by atoms with Gasteiger partial charge in [0.15, 0.2) is 0 Å². The predicted octanol–water partition coefficient (Wildman–Crippen LogP) is 10.0. The molecule has 2 amide bonds. The summed E-state index contributed by atoms with van der Waals surface area (Å²) in [6, 6.07) is 13.0. The zero-order valence-corrected chi connectivity index (χ0v) is 41.2. The highest BCUT2D eigenvalue weighted by Crippen LogP contribution is 2.40. The van der Waals surface area contributed by atoms with E-state index >= 15 is 0 Å². The van der Waals surface area contributed by atoms with Gasteiger partial charge in [-0.1, -0.05) is 42.3 Å². The van der Waals surface area contributed by atoms with Gasteiger partial charge >= 0.3 is 12.2 Å². The molecular formula is C50H75Cl2N5O6. The first-order valence-electron chi connectivity index (χ1n) is 23.6. The van der Waals surface area contributed by atoms with E-state index in [0.29, 0.717) is 23.7 Å². The molecule has 0 aromatic heterocycles. The van der Waals surface area contributed by atoms with Gasteiger partial charge in [-0.25, -0.2) is 9.59 Å². The smallest absolute Gasteiger partial charge is 0.410 e. The summed E-state index contributed by atoms with van der Waals surface area (Å²) in [5.41, 5.74) is 4.35. The molecule has 2 aromatic carbocycles. The fraction of sp³-hybridized carbons (Fsp3) is 0.720. The van der Waals surface area contributed by atoms with Crippen molar-refractivity contribution in [3.8, 4) is 0 Å². The number of ether oxygens (including phenoxy) is 4. The van der Waals surface area contributed by atoms with E-state index in [1.165, 1.54) is 16.8 Å². The highest BCUT2D eigenvalue weighted by atomic mass is 35.5. The minimum atomic E-state index is -0.456. The van der Waals surface area contributed by atoms with Crippen LogP contribution in [0.5, 0.6) is 0 Å². The molecular weight excluding hydrogens is 837 g/mol. The van der Waals surface area contributed by atoms with E-state index in [0.717, 1.165) is 140 Å². The Balaban J connectivity index is 0.000000189. The molecule has 6 aliphatic rings. The van der Waals surface area contributed by atoms with Crippen molar-refractivity contribution in [1.82, 2.24) is 14.7 Å². The Morgan fingerprint density at radius 3 is 1.49 bits per heavy atom. The molecule has 63 heavy (non-hydrogen) atoms. The van der Waals surface area contributed by atoms with Gasteiger partial charge < -0.3 is 38.5 Å². The average Bonchev–Trinajstić information content (AvgIpc) is 4.01.